The van der Waals surface area contributed by atoms with Crippen molar-refractivity contribution in [2.75, 3.05) is 13.7 Å². The van der Waals surface area contributed by atoms with Crippen LogP contribution in [0.1, 0.15) is 36.2 Å². The Morgan fingerprint density at radius 1 is 1.50 bits per heavy atom. The van der Waals surface area contributed by atoms with Crippen molar-refractivity contribution in [1.29, 1.82) is 5.26 Å². The first-order valence-corrected chi connectivity index (χ1v) is 6.47. The molecule has 0 aliphatic rings. The number of rotatable bonds is 6. The smallest absolute Gasteiger partial charge is 0.340 e. The monoisotopic (exact) mass is 278 g/mol. The molecular formula is C15H19FN2O2. The zero-order chi connectivity index (χ0) is 15.1. The maximum Gasteiger partial charge on any atom is 0.340 e. The number of methoxy groups -OCH3 is 1. The molecule has 0 radical (unpaired) electrons. The Morgan fingerprint density at radius 3 is 2.70 bits per heavy atom. The summed E-state index contributed by atoms with van der Waals surface area (Å²) in [7, 11) is 1.22. The lowest BCUT2D eigenvalue weighted by atomic mass is 10.1. The second kappa shape index (κ2) is 7.61. The van der Waals surface area contributed by atoms with Crippen LogP contribution in [-0.2, 0) is 11.3 Å². The minimum atomic E-state index is -0.681. The lowest BCUT2D eigenvalue weighted by Gasteiger charge is -2.25. The van der Waals surface area contributed by atoms with Crippen LogP contribution < -0.4 is 0 Å². The average molecular weight is 278 g/mol. The molecule has 4 nitrogen and oxygen atoms in total. The normalized spacial score (nSPS) is 10.7. The first-order valence-electron chi connectivity index (χ1n) is 6.47. The Morgan fingerprint density at radius 2 is 2.20 bits per heavy atom. The highest BCUT2D eigenvalue weighted by atomic mass is 19.1. The number of carbonyl (C=O) groups excluding carboxylic acids is 1. The molecule has 0 aliphatic carbocycles. The SMILES string of the molecule is COC(=O)c1ccc(CN(CCC#N)C(C)C)cc1F. The third-order valence-corrected chi connectivity index (χ3v) is 3.07. The van der Waals surface area contributed by atoms with Crippen molar-refractivity contribution in [2.24, 2.45) is 0 Å². The molecule has 0 unspecified atom stereocenters. The van der Waals surface area contributed by atoms with Gasteiger partial charge in [-0.25, -0.2) is 9.18 Å². The molecule has 1 rings (SSSR count). The number of ether oxygens (including phenoxy) is 1. The fourth-order valence-electron chi connectivity index (χ4n) is 1.88. The van der Waals surface area contributed by atoms with Gasteiger partial charge in [-0.05, 0) is 31.5 Å². The van der Waals surface area contributed by atoms with Crippen LogP contribution in [0.15, 0.2) is 18.2 Å². The maximum atomic E-state index is 13.8. The predicted octanol–water partition coefficient (Wildman–Crippen LogP) is 2.74. The summed E-state index contributed by atoms with van der Waals surface area (Å²) in [4.78, 5) is 13.4. The van der Waals surface area contributed by atoms with Gasteiger partial charge in [0.2, 0.25) is 0 Å². The Labute approximate surface area is 118 Å². The highest BCUT2D eigenvalue weighted by Crippen LogP contribution is 2.15. The van der Waals surface area contributed by atoms with Gasteiger partial charge in [0, 0.05) is 25.6 Å². The topological polar surface area (TPSA) is 53.3 Å². The highest BCUT2D eigenvalue weighted by Gasteiger charge is 2.14. The zero-order valence-corrected chi connectivity index (χ0v) is 12.0. The van der Waals surface area contributed by atoms with Crippen molar-refractivity contribution < 1.29 is 13.9 Å². The van der Waals surface area contributed by atoms with Gasteiger partial charge in [0.05, 0.1) is 18.7 Å². The summed E-state index contributed by atoms with van der Waals surface area (Å²) >= 11 is 0. The minimum Gasteiger partial charge on any atom is -0.465 e. The number of hydrogen-bond acceptors (Lipinski definition) is 4. The summed E-state index contributed by atoms with van der Waals surface area (Å²) in [5.74, 6) is -1.27. The molecule has 5 heteroatoms. The molecule has 108 valence electrons. The van der Waals surface area contributed by atoms with Gasteiger partial charge in [-0.15, -0.1) is 0 Å². The van der Waals surface area contributed by atoms with E-state index in [1.165, 1.54) is 19.2 Å². The van der Waals surface area contributed by atoms with Crippen molar-refractivity contribution in [3.63, 3.8) is 0 Å². The van der Waals surface area contributed by atoms with Crippen molar-refractivity contribution in [3.8, 4) is 6.07 Å². The van der Waals surface area contributed by atoms with Crippen molar-refractivity contribution in [3.05, 3.63) is 35.1 Å². The Bertz CT molecular complexity index is 509. The molecule has 0 aromatic heterocycles. The van der Waals surface area contributed by atoms with Gasteiger partial charge in [-0.2, -0.15) is 5.26 Å². The van der Waals surface area contributed by atoms with Crippen molar-refractivity contribution in [1.82, 2.24) is 4.90 Å². The molecule has 20 heavy (non-hydrogen) atoms. The Kier molecular flexibility index (Phi) is 6.13. The van der Waals surface area contributed by atoms with Gasteiger partial charge < -0.3 is 4.74 Å². The largest absolute Gasteiger partial charge is 0.465 e. The second-order valence-electron chi connectivity index (χ2n) is 4.78. The fourth-order valence-corrected chi connectivity index (χ4v) is 1.88. The first-order chi connectivity index (χ1) is 9.49. The molecular weight excluding hydrogens is 259 g/mol. The quantitative estimate of drug-likeness (QED) is 0.751. The molecule has 0 amide bonds. The standard InChI is InChI=1S/C15H19FN2O2/c1-11(2)18(8-4-7-17)10-12-5-6-13(14(16)9-12)15(19)20-3/h5-6,9,11H,4,8,10H2,1-3H3. The van der Waals surface area contributed by atoms with E-state index < -0.39 is 11.8 Å². The Balaban J connectivity index is 2.84. The van der Waals surface area contributed by atoms with E-state index in [9.17, 15) is 9.18 Å². The number of nitriles is 1. The molecule has 0 fully saturated rings. The van der Waals surface area contributed by atoms with Gasteiger partial charge in [-0.3, -0.25) is 4.90 Å². The summed E-state index contributed by atoms with van der Waals surface area (Å²) in [6.07, 6.45) is 0.431. The summed E-state index contributed by atoms with van der Waals surface area (Å²) in [5.41, 5.74) is 0.700. The Hall–Kier alpha value is -1.93. The van der Waals surface area contributed by atoms with Crippen LogP contribution in [0.5, 0.6) is 0 Å². The van der Waals surface area contributed by atoms with E-state index in [0.29, 0.717) is 19.5 Å². The lowest BCUT2D eigenvalue weighted by Crippen LogP contribution is -2.31. The molecule has 1 aromatic carbocycles. The van der Waals surface area contributed by atoms with Gasteiger partial charge in [0.25, 0.3) is 0 Å². The molecule has 0 atom stereocenters. The number of halogens is 1. The van der Waals surface area contributed by atoms with Crippen LogP contribution in [0.3, 0.4) is 0 Å². The number of hydrogen-bond donors (Lipinski definition) is 0. The molecule has 0 N–H and O–H groups in total. The van der Waals surface area contributed by atoms with E-state index in [2.05, 4.69) is 15.7 Å². The lowest BCUT2D eigenvalue weighted by molar-refractivity contribution is 0.0595. The van der Waals surface area contributed by atoms with E-state index in [4.69, 9.17) is 5.26 Å². The minimum absolute atomic E-state index is 0.0654. The molecule has 0 aliphatic heterocycles. The van der Waals surface area contributed by atoms with Crippen LogP contribution in [0.25, 0.3) is 0 Å². The van der Waals surface area contributed by atoms with Gasteiger partial charge in [0.1, 0.15) is 5.82 Å². The second-order valence-corrected chi connectivity index (χ2v) is 4.78. The van der Waals surface area contributed by atoms with Crippen LogP contribution in [0.4, 0.5) is 4.39 Å². The summed E-state index contributed by atoms with van der Waals surface area (Å²) in [5, 5.41) is 8.64. The molecule has 0 heterocycles. The molecule has 0 bridgehead atoms. The maximum absolute atomic E-state index is 13.8. The molecule has 0 spiro atoms. The van der Waals surface area contributed by atoms with Gasteiger partial charge in [-0.1, -0.05) is 6.07 Å². The van der Waals surface area contributed by atoms with Crippen molar-refractivity contribution in [2.45, 2.75) is 32.9 Å². The fraction of sp³-hybridized carbons (Fsp3) is 0.467. The number of nitrogens with zero attached hydrogens (tertiary/aromatic N) is 2. The average Bonchev–Trinajstić information content (AvgIpc) is 2.42. The van der Waals surface area contributed by atoms with E-state index in [1.54, 1.807) is 6.07 Å². The molecule has 0 saturated carbocycles. The molecule has 0 saturated heterocycles. The third-order valence-electron chi connectivity index (χ3n) is 3.07. The van der Waals surface area contributed by atoms with Gasteiger partial charge >= 0.3 is 5.97 Å². The van der Waals surface area contributed by atoms with E-state index >= 15 is 0 Å². The van der Waals surface area contributed by atoms with Crippen LogP contribution in [-0.4, -0.2) is 30.6 Å². The zero-order valence-electron chi connectivity index (χ0n) is 12.0. The highest BCUT2D eigenvalue weighted by molar-refractivity contribution is 5.89. The summed E-state index contributed by atoms with van der Waals surface area (Å²) in [6.45, 7) is 5.22. The van der Waals surface area contributed by atoms with Crippen LogP contribution in [0, 0.1) is 17.1 Å². The van der Waals surface area contributed by atoms with E-state index in [-0.39, 0.29) is 11.6 Å². The number of benzene rings is 1. The predicted molar refractivity (Wildman–Crippen MR) is 73.5 cm³/mol. The third kappa shape index (κ3) is 4.32. The van der Waals surface area contributed by atoms with Crippen LogP contribution in [0.2, 0.25) is 0 Å². The number of carbonyl (C=O) groups is 1. The van der Waals surface area contributed by atoms with Crippen molar-refractivity contribution >= 4 is 5.97 Å². The first kappa shape index (κ1) is 16.1. The summed E-state index contributed by atoms with van der Waals surface area (Å²) < 4.78 is 18.3. The molecule has 1 aromatic rings. The van der Waals surface area contributed by atoms with E-state index in [0.717, 1.165) is 5.56 Å². The van der Waals surface area contributed by atoms with Gasteiger partial charge in [0.15, 0.2) is 0 Å². The summed E-state index contributed by atoms with van der Waals surface area (Å²) in [6, 6.07) is 6.84. The van der Waals surface area contributed by atoms with E-state index in [1.807, 2.05) is 13.8 Å². The van der Waals surface area contributed by atoms with Crippen LogP contribution >= 0.6 is 0 Å². The number of esters is 1.